The molecule has 0 fully saturated rings. The zero-order chi connectivity index (χ0) is 12.3. The monoisotopic (exact) mass is 247 g/mol. The topological polar surface area (TPSA) is 48.7 Å². The van der Waals surface area contributed by atoms with Gasteiger partial charge in [0.1, 0.15) is 16.8 Å². The number of benzene rings is 1. The van der Waals surface area contributed by atoms with Crippen molar-refractivity contribution >= 4 is 23.1 Å². The van der Waals surface area contributed by atoms with Crippen LogP contribution in [0.3, 0.4) is 0 Å². The van der Waals surface area contributed by atoms with Crippen molar-refractivity contribution in [1.29, 1.82) is 5.26 Å². The fourth-order valence-electron chi connectivity index (χ4n) is 1.30. The molecule has 0 atom stereocenters. The first kappa shape index (κ1) is 11.4. The molecule has 2 rings (SSSR count). The van der Waals surface area contributed by atoms with Crippen LogP contribution in [-0.4, -0.2) is 4.98 Å². The number of hydrogen-bond donors (Lipinski definition) is 1. The molecule has 1 aromatic heterocycles. The maximum Gasteiger partial charge on any atom is 0.147 e. The summed E-state index contributed by atoms with van der Waals surface area (Å²) in [6.07, 6.45) is 0. The number of anilines is 2. The number of nitrogens with one attached hydrogen (secondary N) is 1. The summed E-state index contributed by atoms with van der Waals surface area (Å²) in [5.41, 5.74) is 0.519. The molecule has 0 aliphatic carbocycles. The lowest BCUT2D eigenvalue weighted by atomic mass is 10.2. The molecule has 0 aliphatic rings. The molecule has 0 aliphatic heterocycles. The van der Waals surface area contributed by atoms with Gasteiger partial charge in [-0.05, 0) is 30.3 Å². The van der Waals surface area contributed by atoms with E-state index in [2.05, 4.69) is 10.3 Å². The van der Waals surface area contributed by atoms with E-state index in [1.54, 1.807) is 18.2 Å². The highest BCUT2D eigenvalue weighted by Gasteiger charge is 2.04. The third-order valence-electron chi connectivity index (χ3n) is 2.08. The number of hydrogen-bond acceptors (Lipinski definition) is 3. The average molecular weight is 248 g/mol. The minimum Gasteiger partial charge on any atom is -0.338 e. The Kier molecular flexibility index (Phi) is 3.22. The summed E-state index contributed by atoms with van der Waals surface area (Å²) in [5, 5.41) is 11.7. The van der Waals surface area contributed by atoms with Gasteiger partial charge in [0.15, 0.2) is 0 Å². The molecule has 84 valence electrons. The van der Waals surface area contributed by atoms with Crippen molar-refractivity contribution in [2.75, 3.05) is 5.32 Å². The van der Waals surface area contributed by atoms with Crippen LogP contribution in [0.25, 0.3) is 0 Å². The van der Waals surface area contributed by atoms with Gasteiger partial charge in [-0.2, -0.15) is 5.26 Å². The van der Waals surface area contributed by atoms with Crippen molar-refractivity contribution in [1.82, 2.24) is 4.98 Å². The molecule has 1 heterocycles. The standard InChI is InChI=1S/C12H7ClFN3/c13-11-2-1-3-12(17-11)16-10-5-4-8(7-15)6-9(10)14/h1-6H,(H,16,17). The van der Waals surface area contributed by atoms with Crippen molar-refractivity contribution in [3.63, 3.8) is 0 Å². The molecule has 2 aromatic rings. The smallest absolute Gasteiger partial charge is 0.147 e. The predicted molar refractivity (Wildman–Crippen MR) is 63.6 cm³/mol. The summed E-state index contributed by atoms with van der Waals surface area (Å²) in [4.78, 5) is 3.97. The Balaban J connectivity index is 2.28. The largest absolute Gasteiger partial charge is 0.338 e. The van der Waals surface area contributed by atoms with Crippen LogP contribution in [0, 0.1) is 17.1 Å². The Bertz CT molecular complexity index is 593. The van der Waals surface area contributed by atoms with Crippen molar-refractivity contribution in [2.45, 2.75) is 0 Å². The van der Waals surface area contributed by atoms with Gasteiger partial charge in [-0.15, -0.1) is 0 Å². The lowest BCUT2D eigenvalue weighted by molar-refractivity contribution is 0.631. The number of nitrogens with zero attached hydrogens (tertiary/aromatic N) is 2. The maximum atomic E-state index is 13.5. The molecular formula is C12H7ClFN3. The lowest BCUT2D eigenvalue weighted by Gasteiger charge is -2.06. The van der Waals surface area contributed by atoms with Crippen molar-refractivity contribution in [2.24, 2.45) is 0 Å². The van der Waals surface area contributed by atoms with E-state index in [0.717, 1.165) is 6.07 Å². The highest BCUT2D eigenvalue weighted by atomic mass is 35.5. The van der Waals surface area contributed by atoms with Crippen LogP contribution in [-0.2, 0) is 0 Å². The fourth-order valence-corrected chi connectivity index (χ4v) is 1.47. The minimum absolute atomic E-state index is 0.249. The lowest BCUT2D eigenvalue weighted by Crippen LogP contribution is -1.96. The minimum atomic E-state index is -0.508. The number of nitriles is 1. The molecular weight excluding hydrogens is 241 g/mol. The van der Waals surface area contributed by atoms with E-state index in [1.807, 2.05) is 6.07 Å². The van der Waals surface area contributed by atoms with E-state index in [9.17, 15) is 4.39 Å². The maximum absolute atomic E-state index is 13.5. The Morgan fingerprint density at radius 3 is 2.76 bits per heavy atom. The van der Waals surface area contributed by atoms with E-state index < -0.39 is 5.82 Å². The second kappa shape index (κ2) is 4.81. The van der Waals surface area contributed by atoms with Crippen LogP contribution >= 0.6 is 11.6 Å². The molecule has 0 saturated carbocycles. The summed E-state index contributed by atoms with van der Waals surface area (Å²) in [5.74, 6) is -0.0630. The van der Waals surface area contributed by atoms with Crippen LogP contribution in [0.1, 0.15) is 5.56 Å². The highest BCUT2D eigenvalue weighted by Crippen LogP contribution is 2.20. The van der Waals surface area contributed by atoms with Crippen molar-refractivity contribution < 1.29 is 4.39 Å². The Labute approximate surface area is 102 Å². The van der Waals surface area contributed by atoms with Crippen LogP contribution < -0.4 is 5.32 Å². The molecule has 0 unspecified atom stereocenters. The van der Waals surface area contributed by atoms with Crippen LogP contribution in [0.2, 0.25) is 5.15 Å². The van der Waals surface area contributed by atoms with Gasteiger partial charge in [-0.1, -0.05) is 17.7 Å². The summed E-state index contributed by atoms with van der Waals surface area (Å²) in [7, 11) is 0. The first-order valence-electron chi connectivity index (χ1n) is 4.78. The molecule has 17 heavy (non-hydrogen) atoms. The third-order valence-corrected chi connectivity index (χ3v) is 2.29. The Morgan fingerprint density at radius 2 is 2.12 bits per heavy atom. The van der Waals surface area contributed by atoms with Gasteiger partial charge < -0.3 is 5.32 Å². The number of halogens is 2. The molecule has 0 radical (unpaired) electrons. The van der Waals surface area contributed by atoms with E-state index in [1.165, 1.54) is 12.1 Å². The fraction of sp³-hybridized carbons (Fsp3) is 0. The van der Waals surface area contributed by atoms with Crippen molar-refractivity contribution in [3.05, 3.63) is 52.9 Å². The van der Waals surface area contributed by atoms with Crippen LogP contribution in [0.15, 0.2) is 36.4 Å². The molecule has 3 nitrogen and oxygen atoms in total. The molecule has 0 saturated heterocycles. The first-order valence-corrected chi connectivity index (χ1v) is 5.16. The second-order valence-electron chi connectivity index (χ2n) is 3.28. The zero-order valence-electron chi connectivity index (χ0n) is 8.61. The molecule has 0 amide bonds. The van der Waals surface area contributed by atoms with E-state index in [-0.39, 0.29) is 11.3 Å². The molecule has 1 N–H and O–H groups in total. The number of pyridine rings is 1. The van der Waals surface area contributed by atoms with Gasteiger partial charge in [0.2, 0.25) is 0 Å². The van der Waals surface area contributed by atoms with E-state index in [4.69, 9.17) is 16.9 Å². The Hall–Kier alpha value is -2.12. The van der Waals surface area contributed by atoms with E-state index >= 15 is 0 Å². The first-order chi connectivity index (χ1) is 8.19. The third kappa shape index (κ3) is 2.71. The summed E-state index contributed by atoms with van der Waals surface area (Å²) in [6, 6.07) is 11.0. The van der Waals surface area contributed by atoms with Gasteiger partial charge in [-0.25, -0.2) is 9.37 Å². The molecule has 5 heteroatoms. The molecule has 0 spiro atoms. The average Bonchev–Trinajstić information content (AvgIpc) is 2.32. The molecule has 1 aromatic carbocycles. The van der Waals surface area contributed by atoms with Gasteiger partial charge in [0.25, 0.3) is 0 Å². The van der Waals surface area contributed by atoms with Gasteiger partial charge in [-0.3, -0.25) is 0 Å². The molecule has 0 bridgehead atoms. The SMILES string of the molecule is N#Cc1ccc(Nc2cccc(Cl)n2)c(F)c1. The summed E-state index contributed by atoms with van der Waals surface area (Å²) >= 11 is 5.71. The van der Waals surface area contributed by atoms with E-state index in [0.29, 0.717) is 11.0 Å². The van der Waals surface area contributed by atoms with Crippen LogP contribution in [0.5, 0.6) is 0 Å². The summed E-state index contributed by atoms with van der Waals surface area (Å²) < 4.78 is 13.5. The number of rotatable bonds is 2. The van der Waals surface area contributed by atoms with Crippen molar-refractivity contribution in [3.8, 4) is 6.07 Å². The van der Waals surface area contributed by atoms with Gasteiger partial charge >= 0.3 is 0 Å². The van der Waals surface area contributed by atoms with Gasteiger partial charge in [0, 0.05) is 0 Å². The highest BCUT2D eigenvalue weighted by molar-refractivity contribution is 6.29. The quantitative estimate of drug-likeness (QED) is 0.827. The predicted octanol–water partition coefficient (Wildman–Crippen LogP) is 3.49. The van der Waals surface area contributed by atoms with Crippen LogP contribution in [0.4, 0.5) is 15.9 Å². The number of aromatic nitrogens is 1. The Morgan fingerprint density at radius 1 is 1.29 bits per heavy atom. The van der Waals surface area contributed by atoms with Gasteiger partial charge in [0.05, 0.1) is 17.3 Å². The summed E-state index contributed by atoms with van der Waals surface area (Å²) in [6.45, 7) is 0. The normalized spacial score (nSPS) is 9.71. The second-order valence-corrected chi connectivity index (χ2v) is 3.66. The zero-order valence-corrected chi connectivity index (χ0v) is 9.37.